The van der Waals surface area contributed by atoms with E-state index in [1.54, 1.807) is 7.05 Å². The summed E-state index contributed by atoms with van der Waals surface area (Å²) in [7, 11) is 1.73. The fourth-order valence-corrected chi connectivity index (χ4v) is 1.07. The minimum atomic E-state index is -0.211. The molecule has 1 unspecified atom stereocenters. The highest BCUT2D eigenvalue weighted by Gasteiger charge is 2.01. The number of nitrogens with zero attached hydrogens (tertiary/aromatic N) is 4. The van der Waals surface area contributed by atoms with Crippen LogP contribution in [0, 0.1) is 0 Å². The number of aliphatic hydroxyl groups excluding tert-OH is 1. The molecule has 0 aromatic carbocycles. The van der Waals surface area contributed by atoms with Gasteiger partial charge in [0, 0.05) is 0 Å². The lowest BCUT2D eigenvalue weighted by Crippen LogP contribution is -2.20. The Kier molecular flexibility index (Phi) is 4.48. The first kappa shape index (κ1) is 11.1. The van der Waals surface area contributed by atoms with Crippen LogP contribution < -0.4 is 5.32 Å². The molecule has 0 aliphatic carbocycles. The number of hydrogen-bond acceptors (Lipinski definition) is 5. The number of rotatable bonds is 6. The van der Waals surface area contributed by atoms with Crippen LogP contribution in [0.15, 0.2) is 0 Å². The van der Waals surface area contributed by atoms with Crippen molar-refractivity contribution in [1.29, 1.82) is 0 Å². The monoisotopic (exact) mass is 199 g/mol. The van der Waals surface area contributed by atoms with Crippen LogP contribution in [0.2, 0.25) is 0 Å². The second-order valence-electron chi connectivity index (χ2n) is 3.22. The number of nitrogens with one attached hydrogen (secondary N) is 1. The minimum absolute atomic E-state index is 0.211. The van der Waals surface area contributed by atoms with E-state index in [0.717, 1.165) is 19.4 Å². The Morgan fingerprint density at radius 1 is 1.57 bits per heavy atom. The Labute approximate surface area is 83.3 Å². The van der Waals surface area contributed by atoms with Gasteiger partial charge in [0.15, 0.2) is 5.82 Å². The van der Waals surface area contributed by atoms with E-state index >= 15 is 0 Å². The lowest BCUT2D eigenvalue weighted by atomic mass is 10.2. The molecule has 0 radical (unpaired) electrons. The minimum Gasteiger partial charge on any atom is -0.393 e. The van der Waals surface area contributed by atoms with Crippen molar-refractivity contribution in [2.24, 2.45) is 7.05 Å². The number of aromatic nitrogens is 4. The van der Waals surface area contributed by atoms with E-state index in [2.05, 4.69) is 20.7 Å². The van der Waals surface area contributed by atoms with Crippen molar-refractivity contribution in [2.45, 2.75) is 32.4 Å². The highest BCUT2D eigenvalue weighted by molar-refractivity contribution is 4.74. The Hall–Kier alpha value is -1.01. The molecule has 1 rings (SSSR count). The first-order chi connectivity index (χ1) is 6.72. The molecule has 0 fully saturated rings. The first-order valence-corrected chi connectivity index (χ1v) is 4.84. The molecule has 6 nitrogen and oxygen atoms in total. The molecule has 80 valence electrons. The van der Waals surface area contributed by atoms with E-state index in [9.17, 15) is 5.11 Å². The van der Waals surface area contributed by atoms with Crippen molar-refractivity contribution < 1.29 is 5.11 Å². The predicted octanol–water partition coefficient (Wildman–Crippen LogP) is -0.539. The van der Waals surface area contributed by atoms with Crippen LogP contribution in [-0.4, -0.2) is 38.0 Å². The van der Waals surface area contributed by atoms with Gasteiger partial charge in [-0.2, -0.15) is 4.80 Å². The molecule has 1 heterocycles. The maximum Gasteiger partial charge on any atom is 0.188 e. The van der Waals surface area contributed by atoms with Crippen LogP contribution in [0.3, 0.4) is 0 Å². The summed E-state index contributed by atoms with van der Waals surface area (Å²) in [6, 6.07) is 0. The lowest BCUT2D eigenvalue weighted by Gasteiger charge is -2.06. The third-order valence-electron chi connectivity index (χ3n) is 1.96. The topological polar surface area (TPSA) is 75.9 Å². The van der Waals surface area contributed by atoms with Gasteiger partial charge in [0.2, 0.25) is 0 Å². The van der Waals surface area contributed by atoms with Gasteiger partial charge in [-0.3, -0.25) is 0 Å². The summed E-state index contributed by atoms with van der Waals surface area (Å²) in [5, 5.41) is 24.0. The zero-order chi connectivity index (χ0) is 10.4. The third-order valence-corrected chi connectivity index (χ3v) is 1.96. The summed E-state index contributed by atoms with van der Waals surface area (Å²) in [6.07, 6.45) is 1.35. The second-order valence-corrected chi connectivity index (χ2v) is 3.22. The van der Waals surface area contributed by atoms with E-state index in [1.165, 1.54) is 4.80 Å². The van der Waals surface area contributed by atoms with Crippen molar-refractivity contribution >= 4 is 0 Å². The van der Waals surface area contributed by atoms with Crippen LogP contribution in [-0.2, 0) is 13.6 Å². The molecule has 6 heteroatoms. The summed E-state index contributed by atoms with van der Waals surface area (Å²) in [5.74, 6) is 0.679. The van der Waals surface area contributed by atoms with Gasteiger partial charge in [-0.15, -0.1) is 10.2 Å². The molecule has 1 aromatic rings. The van der Waals surface area contributed by atoms with Crippen LogP contribution in [0.1, 0.15) is 25.6 Å². The molecular weight excluding hydrogens is 182 g/mol. The average Bonchev–Trinajstić information content (AvgIpc) is 2.58. The smallest absolute Gasteiger partial charge is 0.188 e. The van der Waals surface area contributed by atoms with Crippen molar-refractivity contribution in [2.75, 3.05) is 6.54 Å². The van der Waals surface area contributed by atoms with E-state index in [-0.39, 0.29) is 6.10 Å². The van der Waals surface area contributed by atoms with E-state index in [1.807, 2.05) is 6.92 Å². The zero-order valence-electron chi connectivity index (χ0n) is 8.64. The highest BCUT2D eigenvalue weighted by Crippen LogP contribution is 1.94. The van der Waals surface area contributed by atoms with Crippen molar-refractivity contribution in [1.82, 2.24) is 25.5 Å². The molecular formula is C8H17N5O. The average molecular weight is 199 g/mol. The van der Waals surface area contributed by atoms with E-state index in [4.69, 9.17) is 0 Å². The summed E-state index contributed by atoms with van der Waals surface area (Å²) in [4.78, 5) is 1.43. The van der Waals surface area contributed by atoms with Crippen molar-refractivity contribution in [3.63, 3.8) is 0 Å². The molecule has 0 spiro atoms. The normalized spacial score (nSPS) is 13.1. The van der Waals surface area contributed by atoms with Gasteiger partial charge in [-0.05, 0) is 24.6 Å². The molecule has 14 heavy (non-hydrogen) atoms. The maximum atomic E-state index is 9.27. The summed E-state index contributed by atoms with van der Waals surface area (Å²) >= 11 is 0. The first-order valence-electron chi connectivity index (χ1n) is 4.84. The van der Waals surface area contributed by atoms with Crippen molar-refractivity contribution in [3.8, 4) is 0 Å². The van der Waals surface area contributed by atoms with Crippen LogP contribution >= 0.6 is 0 Å². The van der Waals surface area contributed by atoms with Gasteiger partial charge in [-0.25, -0.2) is 0 Å². The SMILES string of the molecule is CCC(O)CCNCc1nnn(C)n1. The summed E-state index contributed by atoms with van der Waals surface area (Å²) < 4.78 is 0. The van der Waals surface area contributed by atoms with Crippen molar-refractivity contribution in [3.05, 3.63) is 5.82 Å². The lowest BCUT2D eigenvalue weighted by molar-refractivity contribution is 0.159. The molecule has 0 aliphatic heterocycles. The molecule has 0 saturated carbocycles. The predicted molar refractivity (Wildman–Crippen MR) is 51.4 cm³/mol. The molecule has 0 saturated heterocycles. The fraction of sp³-hybridized carbons (Fsp3) is 0.875. The Bertz CT molecular complexity index is 262. The molecule has 2 N–H and O–H groups in total. The number of aliphatic hydroxyl groups is 1. The molecule has 0 bridgehead atoms. The molecule has 1 aromatic heterocycles. The van der Waals surface area contributed by atoms with Crippen LogP contribution in [0.25, 0.3) is 0 Å². The van der Waals surface area contributed by atoms with Gasteiger partial charge in [-0.1, -0.05) is 6.92 Å². The van der Waals surface area contributed by atoms with Gasteiger partial charge < -0.3 is 10.4 Å². The second kappa shape index (κ2) is 5.66. The van der Waals surface area contributed by atoms with E-state index < -0.39 is 0 Å². The van der Waals surface area contributed by atoms with Gasteiger partial charge in [0.25, 0.3) is 0 Å². The number of tetrazole rings is 1. The zero-order valence-corrected chi connectivity index (χ0v) is 8.64. The summed E-state index contributed by atoms with van der Waals surface area (Å²) in [5.41, 5.74) is 0. The highest BCUT2D eigenvalue weighted by atomic mass is 16.3. The van der Waals surface area contributed by atoms with Gasteiger partial charge >= 0.3 is 0 Å². The molecule has 0 aliphatic rings. The van der Waals surface area contributed by atoms with Gasteiger partial charge in [0.1, 0.15) is 0 Å². The number of hydrogen-bond donors (Lipinski definition) is 2. The van der Waals surface area contributed by atoms with Crippen LogP contribution in [0.5, 0.6) is 0 Å². The fourth-order valence-electron chi connectivity index (χ4n) is 1.07. The maximum absolute atomic E-state index is 9.27. The Morgan fingerprint density at radius 2 is 2.36 bits per heavy atom. The Balaban J connectivity index is 2.10. The molecule has 1 atom stereocenters. The Morgan fingerprint density at radius 3 is 2.93 bits per heavy atom. The third kappa shape index (κ3) is 3.80. The molecule has 0 amide bonds. The standard InChI is InChI=1S/C8H17N5O/c1-3-7(14)4-5-9-6-8-10-12-13(2)11-8/h7,9,14H,3-6H2,1-2H3. The van der Waals surface area contributed by atoms with Gasteiger partial charge in [0.05, 0.1) is 19.7 Å². The van der Waals surface area contributed by atoms with Crippen LogP contribution in [0.4, 0.5) is 0 Å². The number of aryl methyl sites for hydroxylation is 1. The van der Waals surface area contributed by atoms with E-state index in [0.29, 0.717) is 12.4 Å². The summed E-state index contributed by atoms with van der Waals surface area (Å²) in [6.45, 7) is 3.34. The largest absolute Gasteiger partial charge is 0.393 e. The quantitative estimate of drug-likeness (QED) is 0.602.